The molecule has 1 saturated heterocycles. The van der Waals surface area contributed by atoms with Crippen molar-refractivity contribution in [3.63, 3.8) is 0 Å². The highest BCUT2D eigenvalue weighted by molar-refractivity contribution is 7.70. The third kappa shape index (κ3) is 6.48. The second kappa shape index (κ2) is 10.8. The van der Waals surface area contributed by atoms with Crippen LogP contribution in [-0.2, 0) is 24.9 Å². The Balaban J connectivity index is 1.57. The Hall–Kier alpha value is -1.70. The number of benzene rings is 1. The molecule has 1 aliphatic heterocycles. The monoisotopic (exact) mass is 599 g/mol. The molecule has 0 spiro atoms. The molecule has 3 heterocycles. The van der Waals surface area contributed by atoms with E-state index in [4.69, 9.17) is 37.7 Å². The van der Waals surface area contributed by atoms with Crippen LogP contribution in [0, 0.1) is 0 Å². The summed E-state index contributed by atoms with van der Waals surface area (Å²) in [6.45, 7) is -0.464. The maximum absolute atomic E-state index is 15.1. The van der Waals surface area contributed by atoms with Gasteiger partial charge in [-0.05, 0) is 23.2 Å². The number of alkyl halides is 1. The van der Waals surface area contributed by atoms with Gasteiger partial charge < -0.3 is 33.9 Å². The molecule has 5 atom stereocenters. The quantitative estimate of drug-likeness (QED) is 0.209. The number of aliphatic hydroxyl groups is 1. The average molecular weight is 600 g/mol. The summed E-state index contributed by atoms with van der Waals surface area (Å²) in [5.74, 6) is -1.11. The van der Waals surface area contributed by atoms with Crippen LogP contribution >= 0.6 is 38.4 Å². The first-order valence-electron chi connectivity index (χ1n) is 10.6. The number of rotatable bonds is 9. The summed E-state index contributed by atoms with van der Waals surface area (Å²) < 4.78 is 49.4. The summed E-state index contributed by atoms with van der Waals surface area (Å²) >= 11 is 12.4. The van der Waals surface area contributed by atoms with E-state index in [1.807, 2.05) is 12.1 Å². The van der Waals surface area contributed by atoms with E-state index in [1.165, 1.54) is 10.9 Å². The van der Waals surface area contributed by atoms with E-state index in [2.05, 4.69) is 19.5 Å². The molecular formula is C19H22Cl2FN5O8P2. The van der Waals surface area contributed by atoms with Gasteiger partial charge in [-0.1, -0.05) is 29.8 Å². The van der Waals surface area contributed by atoms with Gasteiger partial charge in [-0.15, -0.1) is 0 Å². The molecule has 4 rings (SSSR count). The van der Waals surface area contributed by atoms with E-state index in [0.717, 1.165) is 5.56 Å². The van der Waals surface area contributed by atoms with Gasteiger partial charge in [-0.25, -0.2) is 9.37 Å². The lowest BCUT2D eigenvalue weighted by atomic mass is 10.1. The van der Waals surface area contributed by atoms with Crippen molar-refractivity contribution in [2.75, 3.05) is 24.5 Å². The van der Waals surface area contributed by atoms with Gasteiger partial charge >= 0.3 is 15.2 Å². The van der Waals surface area contributed by atoms with Gasteiger partial charge in [0.05, 0.1) is 12.9 Å². The van der Waals surface area contributed by atoms with E-state index in [-0.39, 0.29) is 16.4 Å². The van der Waals surface area contributed by atoms with Crippen LogP contribution < -0.4 is 4.90 Å². The molecule has 0 saturated carbocycles. The number of halogens is 3. The molecule has 18 heteroatoms. The predicted octanol–water partition coefficient (Wildman–Crippen LogP) is 2.70. The second-order valence-corrected chi connectivity index (χ2v) is 13.1. The van der Waals surface area contributed by atoms with Crippen LogP contribution in [0.1, 0.15) is 11.8 Å². The molecule has 1 fully saturated rings. The van der Waals surface area contributed by atoms with Crippen molar-refractivity contribution >= 4 is 55.4 Å². The third-order valence-corrected chi connectivity index (χ3v) is 9.47. The molecule has 13 nitrogen and oxygen atoms in total. The molecular weight excluding hydrogens is 578 g/mol. The summed E-state index contributed by atoms with van der Waals surface area (Å²) in [7, 11) is -7.87. The number of aliphatic hydroxyl groups excluding tert-OH is 1. The van der Waals surface area contributed by atoms with Crippen LogP contribution in [0.3, 0.4) is 0 Å². The number of fused-ring (bicyclic) bond motifs is 1. The minimum atomic E-state index is -4.86. The number of hydrogen-bond acceptors (Lipinski definition) is 9. The highest BCUT2D eigenvalue weighted by atomic mass is 35.5. The normalized spacial score (nSPS) is 23.9. The summed E-state index contributed by atoms with van der Waals surface area (Å²) in [5, 5.41) is 10.7. The molecule has 37 heavy (non-hydrogen) atoms. The molecule has 0 radical (unpaired) electrons. The maximum Gasteiger partial charge on any atom is 0.340 e. The Labute approximate surface area is 219 Å². The van der Waals surface area contributed by atoms with Gasteiger partial charge in [-0.2, -0.15) is 9.97 Å². The first-order chi connectivity index (χ1) is 17.3. The smallest absolute Gasteiger partial charge is 0.340 e. The van der Waals surface area contributed by atoms with Crippen LogP contribution in [-0.4, -0.2) is 77.2 Å². The summed E-state index contributed by atoms with van der Waals surface area (Å²) in [6, 6.07) is 7.21. The standard InChI is InChI=1S/C19H22Cl2FN5O8P2/c1-26(6-10-4-2-3-5-11(10)20)16-14-17(25-19(21)24-16)27(8-23-14)18-13(22)15(28)12(35-18)7-34-37(32,33)9-36(29,30)31/h2-5,8,12-13,15,18,28H,6-7,9H2,1H3,(H,32,33)(H2,29,30,31)/t12-,13+,15-,18-/m1/s1. The van der Waals surface area contributed by atoms with Crippen molar-refractivity contribution < 1.29 is 42.6 Å². The van der Waals surface area contributed by atoms with Crippen LogP contribution in [0.4, 0.5) is 10.2 Å². The zero-order valence-electron chi connectivity index (χ0n) is 19.0. The Morgan fingerprint density at radius 3 is 2.59 bits per heavy atom. The summed E-state index contributed by atoms with van der Waals surface area (Å²) in [4.78, 5) is 41.8. The molecule has 4 N–H and O–H groups in total. The molecule has 202 valence electrons. The molecule has 0 bridgehead atoms. The third-order valence-electron chi connectivity index (χ3n) is 5.47. The number of hydrogen-bond donors (Lipinski definition) is 4. The molecule has 1 aromatic carbocycles. The van der Waals surface area contributed by atoms with Crippen LogP contribution in [0.5, 0.6) is 0 Å². The highest BCUT2D eigenvalue weighted by Crippen LogP contribution is 2.55. The Morgan fingerprint density at radius 2 is 1.92 bits per heavy atom. The van der Waals surface area contributed by atoms with Crippen molar-refractivity contribution in [2.45, 2.75) is 31.2 Å². The molecule has 2 aromatic heterocycles. The Kier molecular flexibility index (Phi) is 8.28. The minimum Gasteiger partial charge on any atom is -0.387 e. The first kappa shape index (κ1) is 28.3. The number of ether oxygens (including phenoxy) is 1. The zero-order valence-corrected chi connectivity index (χ0v) is 22.3. The Bertz CT molecular complexity index is 1390. The summed E-state index contributed by atoms with van der Waals surface area (Å²) in [5.41, 5.74) is 1.16. The fraction of sp³-hybridized carbons (Fsp3) is 0.421. The van der Waals surface area contributed by atoms with E-state index >= 15 is 4.39 Å². The van der Waals surface area contributed by atoms with E-state index in [1.54, 1.807) is 24.1 Å². The summed E-state index contributed by atoms with van der Waals surface area (Å²) in [6.07, 6.45) is -5.52. The highest BCUT2D eigenvalue weighted by Gasteiger charge is 2.47. The molecule has 0 aliphatic carbocycles. The van der Waals surface area contributed by atoms with E-state index in [0.29, 0.717) is 17.4 Å². The van der Waals surface area contributed by atoms with Gasteiger partial charge in [0.25, 0.3) is 0 Å². The predicted molar refractivity (Wildman–Crippen MR) is 131 cm³/mol. The van der Waals surface area contributed by atoms with Gasteiger partial charge in [0.1, 0.15) is 12.2 Å². The molecule has 3 aromatic rings. The van der Waals surface area contributed by atoms with Gasteiger partial charge in [0.2, 0.25) is 5.28 Å². The van der Waals surface area contributed by atoms with E-state index in [9.17, 15) is 19.1 Å². The zero-order chi connectivity index (χ0) is 27.1. The second-order valence-electron chi connectivity index (χ2n) is 8.33. The molecule has 1 aliphatic rings. The van der Waals surface area contributed by atoms with Crippen molar-refractivity contribution in [3.05, 3.63) is 46.5 Å². The average Bonchev–Trinajstić information content (AvgIpc) is 3.32. The fourth-order valence-electron chi connectivity index (χ4n) is 3.81. The van der Waals surface area contributed by atoms with Crippen molar-refractivity contribution in [1.29, 1.82) is 0 Å². The minimum absolute atomic E-state index is 0.0942. The van der Waals surface area contributed by atoms with Crippen molar-refractivity contribution in [2.24, 2.45) is 0 Å². The van der Waals surface area contributed by atoms with Crippen molar-refractivity contribution in [1.82, 2.24) is 19.5 Å². The number of imidazole rings is 1. The lowest BCUT2D eigenvalue weighted by Crippen LogP contribution is -2.31. The first-order valence-corrected chi connectivity index (χ1v) is 14.9. The van der Waals surface area contributed by atoms with Crippen molar-refractivity contribution in [3.8, 4) is 0 Å². The topological polar surface area (TPSA) is 180 Å². The Morgan fingerprint density at radius 1 is 1.22 bits per heavy atom. The largest absolute Gasteiger partial charge is 0.387 e. The fourth-order valence-corrected chi connectivity index (χ4v) is 6.74. The van der Waals surface area contributed by atoms with Crippen LogP contribution in [0.25, 0.3) is 11.2 Å². The number of anilines is 1. The van der Waals surface area contributed by atoms with Gasteiger partial charge in [-0.3, -0.25) is 13.7 Å². The van der Waals surface area contributed by atoms with Gasteiger partial charge in [0, 0.05) is 18.6 Å². The SMILES string of the molecule is CN(Cc1ccccc1Cl)c1nc(Cl)nc2c1ncn2[C@@H]1O[C@H](COP(=O)(O)CP(=O)(O)O)[C@@H](O)[C@@H]1F. The van der Waals surface area contributed by atoms with Crippen LogP contribution in [0.15, 0.2) is 30.6 Å². The van der Waals surface area contributed by atoms with Gasteiger partial charge in [0.15, 0.2) is 35.3 Å². The van der Waals surface area contributed by atoms with E-state index < -0.39 is 52.3 Å². The number of aromatic nitrogens is 4. The lowest BCUT2D eigenvalue weighted by molar-refractivity contribution is -0.0425. The lowest BCUT2D eigenvalue weighted by Gasteiger charge is -2.20. The van der Waals surface area contributed by atoms with Crippen LogP contribution in [0.2, 0.25) is 10.3 Å². The molecule has 0 amide bonds. The number of nitrogens with zero attached hydrogens (tertiary/aromatic N) is 5. The maximum atomic E-state index is 15.1. The molecule has 1 unspecified atom stereocenters.